The maximum absolute atomic E-state index is 11.6. The number of carbonyl (C=O) groups is 1. The fourth-order valence-corrected chi connectivity index (χ4v) is 11.3. The van der Waals surface area contributed by atoms with Crippen LogP contribution < -0.4 is 10.4 Å². The van der Waals surface area contributed by atoms with E-state index in [1.54, 1.807) is 10.4 Å². The van der Waals surface area contributed by atoms with Crippen molar-refractivity contribution in [2.24, 2.45) is 0 Å². The molecule has 0 fully saturated rings. The summed E-state index contributed by atoms with van der Waals surface area (Å²) in [6, 6.07) is 18.4. The highest BCUT2D eigenvalue weighted by molar-refractivity contribution is 7.05. The van der Waals surface area contributed by atoms with Crippen molar-refractivity contribution in [3.05, 3.63) is 48.0 Å². The van der Waals surface area contributed by atoms with Crippen molar-refractivity contribution in [2.45, 2.75) is 103 Å². The van der Waals surface area contributed by atoms with Gasteiger partial charge in [-0.1, -0.05) is 133 Å². The largest absolute Gasteiger partial charge is 0.298 e. The Balaban J connectivity index is 1.84. The molecule has 0 saturated heterocycles. The number of fused-ring (bicyclic) bond motifs is 3. The van der Waals surface area contributed by atoms with Gasteiger partial charge in [-0.2, -0.15) is 0 Å². The molecule has 0 amide bonds. The smallest absolute Gasteiger partial charge is 0.150 e. The molecular formula is C29H42OSi. The number of aldehydes is 1. The van der Waals surface area contributed by atoms with Crippen molar-refractivity contribution in [3.8, 4) is 11.1 Å². The minimum absolute atomic E-state index is 0.856. The van der Waals surface area contributed by atoms with Gasteiger partial charge in [0.2, 0.25) is 0 Å². The molecule has 168 valence electrons. The Morgan fingerprint density at radius 1 is 0.645 bits per heavy atom. The van der Waals surface area contributed by atoms with Gasteiger partial charge in [0.25, 0.3) is 0 Å². The second-order valence-corrected chi connectivity index (χ2v) is 13.8. The average Bonchev–Trinajstić information content (AvgIpc) is 3.08. The van der Waals surface area contributed by atoms with Crippen LogP contribution in [0.4, 0.5) is 0 Å². The summed E-state index contributed by atoms with van der Waals surface area (Å²) in [7, 11) is -1.82. The number of hydrogen-bond acceptors (Lipinski definition) is 1. The van der Waals surface area contributed by atoms with E-state index in [-0.39, 0.29) is 0 Å². The van der Waals surface area contributed by atoms with E-state index in [1.165, 1.54) is 100 Å². The van der Waals surface area contributed by atoms with Crippen LogP contribution in [0.2, 0.25) is 12.1 Å². The number of benzene rings is 2. The van der Waals surface area contributed by atoms with E-state index in [4.69, 9.17) is 0 Å². The zero-order valence-electron chi connectivity index (χ0n) is 19.9. The lowest BCUT2D eigenvalue weighted by Crippen LogP contribution is -2.55. The maximum Gasteiger partial charge on any atom is 0.150 e. The van der Waals surface area contributed by atoms with Crippen molar-refractivity contribution in [3.63, 3.8) is 0 Å². The lowest BCUT2D eigenvalue weighted by atomic mass is 10.0. The first kappa shape index (κ1) is 24.0. The predicted octanol–water partition coefficient (Wildman–Crippen LogP) is 7.76. The third kappa shape index (κ3) is 5.77. The van der Waals surface area contributed by atoms with Gasteiger partial charge in [-0.25, -0.2) is 0 Å². The lowest BCUT2D eigenvalue weighted by Gasteiger charge is -2.30. The van der Waals surface area contributed by atoms with Crippen molar-refractivity contribution in [2.75, 3.05) is 0 Å². The third-order valence-electron chi connectivity index (χ3n) is 7.34. The first-order chi connectivity index (χ1) is 15.3. The van der Waals surface area contributed by atoms with Crippen LogP contribution in [-0.4, -0.2) is 14.4 Å². The van der Waals surface area contributed by atoms with E-state index in [0.29, 0.717) is 0 Å². The normalized spacial score (nSPS) is 13.7. The van der Waals surface area contributed by atoms with Gasteiger partial charge in [0.15, 0.2) is 0 Å². The van der Waals surface area contributed by atoms with Gasteiger partial charge in [-0.3, -0.25) is 4.79 Å². The molecule has 0 saturated carbocycles. The molecule has 0 radical (unpaired) electrons. The van der Waals surface area contributed by atoms with Crippen molar-refractivity contribution < 1.29 is 4.79 Å². The number of rotatable bonds is 15. The third-order valence-corrected chi connectivity index (χ3v) is 12.7. The molecule has 0 atom stereocenters. The topological polar surface area (TPSA) is 17.1 Å². The van der Waals surface area contributed by atoms with Crippen LogP contribution in [0.25, 0.3) is 11.1 Å². The van der Waals surface area contributed by atoms with Gasteiger partial charge >= 0.3 is 0 Å². The summed E-state index contributed by atoms with van der Waals surface area (Å²) in [6.45, 7) is 4.58. The van der Waals surface area contributed by atoms with Gasteiger partial charge in [-0.05, 0) is 33.6 Å². The van der Waals surface area contributed by atoms with Crippen LogP contribution in [0.15, 0.2) is 42.5 Å². The van der Waals surface area contributed by atoms with E-state index >= 15 is 0 Å². The van der Waals surface area contributed by atoms with Gasteiger partial charge in [-0.15, -0.1) is 0 Å². The molecule has 31 heavy (non-hydrogen) atoms. The van der Waals surface area contributed by atoms with Crippen LogP contribution in [-0.2, 0) is 0 Å². The highest BCUT2D eigenvalue weighted by Gasteiger charge is 2.44. The second kappa shape index (κ2) is 12.4. The molecule has 2 aromatic rings. The molecule has 1 heterocycles. The van der Waals surface area contributed by atoms with Crippen molar-refractivity contribution in [1.82, 2.24) is 0 Å². The Bertz CT molecular complexity index is 809. The van der Waals surface area contributed by atoms with Crippen LogP contribution >= 0.6 is 0 Å². The fraction of sp³-hybridized carbons (Fsp3) is 0.552. The summed E-state index contributed by atoms with van der Waals surface area (Å²) in [5.74, 6) is 0. The Morgan fingerprint density at radius 2 is 1.19 bits per heavy atom. The van der Waals surface area contributed by atoms with Crippen LogP contribution in [0.5, 0.6) is 0 Å². The van der Waals surface area contributed by atoms with Crippen LogP contribution in [0, 0.1) is 0 Å². The highest BCUT2D eigenvalue weighted by Crippen LogP contribution is 2.35. The summed E-state index contributed by atoms with van der Waals surface area (Å²) in [5, 5.41) is 3.20. The Labute approximate surface area is 191 Å². The van der Waals surface area contributed by atoms with Gasteiger partial charge in [0, 0.05) is 5.56 Å². The summed E-state index contributed by atoms with van der Waals surface area (Å²) in [5.41, 5.74) is 3.73. The quantitative estimate of drug-likeness (QED) is 0.159. The van der Waals surface area contributed by atoms with E-state index in [1.807, 2.05) is 6.07 Å². The number of hydrogen-bond donors (Lipinski definition) is 0. The molecule has 0 unspecified atom stereocenters. The summed E-state index contributed by atoms with van der Waals surface area (Å²) in [6.07, 6.45) is 17.3. The molecule has 2 heteroatoms. The number of carbonyl (C=O) groups excluding carboxylic acids is 1. The summed E-state index contributed by atoms with van der Waals surface area (Å²) in [4.78, 5) is 11.6. The predicted molar refractivity (Wildman–Crippen MR) is 139 cm³/mol. The Morgan fingerprint density at radius 3 is 1.81 bits per heavy atom. The summed E-state index contributed by atoms with van der Waals surface area (Å²) < 4.78 is 0. The molecule has 3 rings (SSSR count). The van der Waals surface area contributed by atoms with E-state index < -0.39 is 8.07 Å². The molecule has 0 aromatic heterocycles. The van der Waals surface area contributed by atoms with Crippen molar-refractivity contribution in [1.29, 1.82) is 0 Å². The van der Waals surface area contributed by atoms with E-state index in [9.17, 15) is 4.79 Å². The monoisotopic (exact) mass is 434 g/mol. The second-order valence-electron chi connectivity index (χ2n) is 9.59. The summed E-state index contributed by atoms with van der Waals surface area (Å²) >= 11 is 0. The van der Waals surface area contributed by atoms with Gasteiger partial charge in [0.1, 0.15) is 14.4 Å². The first-order valence-corrected chi connectivity index (χ1v) is 15.4. The van der Waals surface area contributed by atoms with Crippen LogP contribution in [0.3, 0.4) is 0 Å². The van der Waals surface area contributed by atoms with Crippen LogP contribution in [0.1, 0.15) is 101 Å². The molecule has 0 aliphatic carbocycles. The molecule has 1 aliphatic rings. The molecule has 0 bridgehead atoms. The Kier molecular flexibility index (Phi) is 9.58. The van der Waals surface area contributed by atoms with Gasteiger partial charge < -0.3 is 0 Å². The van der Waals surface area contributed by atoms with Gasteiger partial charge in [0.05, 0.1) is 0 Å². The van der Waals surface area contributed by atoms with Crippen molar-refractivity contribution >= 4 is 24.7 Å². The first-order valence-electron chi connectivity index (χ1n) is 13.0. The molecule has 2 aromatic carbocycles. The lowest BCUT2D eigenvalue weighted by molar-refractivity contribution is 0.112. The zero-order chi connectivity index (χ0) is 21.9. The fourth-order valence-electron chi connectivity index (χ4n) is 5.62. The molecule has 0 spiro atoms. The zero-order valence-corrected chi connectivity index (χ0v) is 20.9. The highest BCUT2D eigenvalue weighted by atomic mass is 28.3. The SMILES string of the molecule is CCCCCCCC[Si]1(CCCCCCCC)c2ccccc2-c2ccc(C=O)cc21. The molecular weight excluding hydrogens is 392 g/mol. The Hall–Kier alpha value is -1.67. The standard InChI is InChI=1S/C29H42OSi/c1-3-5-7-9-11-15-21-31(22-16-12-10-8-6-4-2)28-18-14-13-17-26(28)27-20-19-25(24-30)23-29(27)31/h13-14,17-20,23-24H,3-12,15-16,21-22H2,1-2H3. The average molecular weight is 435 g/mol. The molecule has 1 aliphatic heterocycles. The van der Waals surface area contributed by atoms with E-state index in [2.05, 4.69) is 50.2 Å². The van der Waals surface area contributed by atoms with E-state index in [0.717, 1.165) is 11.8 Å². The molecule has 0 N–H and O–H groups in total. The molecule has 1 nitrogen and oxygen atoms in total. The number of unbranched alkanes of at least 4 members (excludes halogenated alkanes) is 10. The maximum atomic E-state index is 11.6. The minimum Gasteiger partial charge on any atom is -0.298 e. The minimum atomic E-state index is -1.82.